The van der Waals surface area contributed by atoms with E-state index in [9.17, 15) is 9.18 Å². The molecule has 0 aliphatic carbocycles. The van der Waals surface area contributed by atoms with E-state index < -0.39 is 5.82 Å². The van der Waals surface area contributed by atoms with Gasteiger partial charge in [0.05, 0.1) is 18.7 Å². The zero-order valence-corrected chi connectivity index (χ0v) is 15.1. The number of rotatable bonds is 6. The summed E-state index contributed by atoms with van der Waals surface area (Å²) in [4.78, 5) is 21.1. The molecule has 0 N–H and O–H groups in total. The summed E-state index contributed by atoms with van der Waals surface area (Å²) in [6.07, 6.45) is 4.62. The molecule has 1 aliphatic heterocycles. The summed E-state index contributed by atoms with van der Waals surface area (Å²) in [5.74, 6) is 0.307. The van der Waals surface area contributed by atoms with Crippen molar-refractivity contribution in [2.24, 2.45) is 0 Å². The molecule has 1 aromatic heterocycles. The van der Waals surface area contributed by atoms with Gasteiger partial charge in [0, 0.05) is 52.2 Å². The van der Waals surface area contributed by atoms with Crippen molar-refractivity contribution in [3.05, 3.63) is 53.9 Å². The van der Waals surface area contributed by atoms with Crippen LogP contribution < -0.4 is 0 Å². The van der Waals surface area contributed by atoms with Crippen LogP contribution in [0.15, 0.2) is 36.7 Å². The minimum atomic E-state index is -0.459. The van der Waals surface area contributed by atoms with E-state index >= 15 is 0 Å². The number of amides is 1. The Kier molecular flexibility index (Phi) is 6.35. The Morgan fingerprint density at radius 1 is 1.23 bits per heavy atom. The summed E-state index contributed by atoms with van der Waals surface area (Å²) < 4.78 is 21.1. The van der Waals surface area contributed by atoms with Gasteiger partial charge in [-0.15, -0.1) is 0 Å². The van der Waals surface area contributed by atoms with Crippen molar-refractivity contribution in [2.45, 2.75) is 19.5 Å². The van der Waals surface area contributed by atoms with E-state index in [0.29, 0.717) is 19.7 Å². The molecule has 1 aliphatic rings. The highest BCUT2D eigenvalue weighted by Crippen LogP contribution is 2.14. The first-order valence-corrected chi connectivity index (χ1v) is 8.94. The number of carbonyl (C=O) groups is 1. The summed E-state index contributed by atoms with van der Waals surface area (Å²) >= 11 is 0. The van der Waals surface area contributed by atoms with E-state index in [0.717, 1.165) is 38.4 Å². The normalized spacial score (nSPS) is 15.8. The average molecular weight is 360 g/mol. The molecule has 0 saturated carbocycles. The van der Waals surface area contributed by atoms with Crippen LogP contribution in [0, 0.1) is 5.82 Å². The molecule has 0 spiro atoms. The van der Waals surface area contributed by atoms with Gasteiger partial charge in [-0.1, -0.05) is 12.1 Å². The Labute approximate surface area is 153 Å². The highest BCUT2D eigenvalue weighted by atomic mass is 19.1. The largest absolute Gasteiger partial charge is 0.383 e. The fourth-order valence-electron chi connectivity index (χ4n) is 3.22. The van der Waals surface area contributed by atoms with Crippen LogP contribution in [0.3, 0.4) is 0 Å². The van der Waals surface area contributed by atoms with E-state index in [4.69, 9.17) is 4.74 Å². The number of imidazole rings is 1. The van der Waals surface area contributed by atoms with Gasteiger partial charge in [0.1, 0.15) is 11.6 Å². The highest BCUT2D eigenvalue weighted by molar-refractivity contribution is 5.94. The molecule has 2 heterocycles. The predicted octanol–water partition coefficient (Wildman–Crippen LogP) is 2.02. The number of aromatic nitrogens is 2. The van der Waals surface area contributed by atoms with Crippen LogP contribution in [-0.2, 0) is 17.8 Å². The van der Waals surface area contributed by atoms with E-state index in [1.54, 1.807) is 36.4 Å². The van der Waals surface area contributed by atoms with E-state index in [2.05, 4.69) is 14.5 Å². The Morgan fingerprint density at radius 3 is 2.88 bits per heavy atom. The smallest absolute Gasteiger partial charge is 0.256 e. The molecule has 1 fully saturated rings. The summed E-state index contributed by atoms with van der Waals surface area (Å²) in [7, 11) is 1.69. The molecule has 2 aromatic rings. The molecular formula is C19H25FN4O2. The number of methoxy groups -OCH3 is 1. The first kappa shape index (κ1) is 18.5. The summed E-state index contributed by atoms with van der Waals surface area (Å²) in [6, 6.07) is 6.17. The van der Waals surface area contributed by atoms with Gasteiger partial charge in [-0.05, 0) is 18.6 Å². The fraction of sp³-hybridized carbons (Fsp3) is 0.474. The highest BCUT2D eigenvalue weighted by Gasteiger charge is 2.22. The van der Waals surface area contributed by atoms with Gasteiger partial charge in [-0.3, -0.25) is 9.69 Å². The summed E-state index contributed by atoms with van der Waals surface area (Å²) in [5, 5.41) is 0. The lowest BCUT2D eigenvalue weighted by Gasteiger charge is -2.22. The van der Waals surface area contributed by atoms with Crippen molar-refractivity contribution in [3.63, 3.8) is 0 Å². The lowest BCUT2D eigenvalue weighted by atomic mass is 10.2. The SMILES string of the molecule is COCCn1ccnc1CN1CCCN(C(=O)c2ccccc2F)CC1. The molecular weight excluding hydrogens is 335 g/mol. The molecule has 0 unspecified atom stereocenters. The minimum Gasteiger partial charge on any atom is -0.383 e. The predicted molar refractivity (Wildman–Crippen MR) is 96.3 cm³/mol. The maximum Gasteiger partial charge on any atom is 0.256 e. The number of nitrogens with zero attached hydrogens (tertiary/aromatic N) is 4. The van der Waals surface area contributed by atoms with E-state index in [-0.39, 0.29) is 11.5 Å². The minimum absolute atomic E-state index is 0.149. The second-order valence-corrected chi connectivity index (χ2v) is 6.43. The van der Waals surface area contributed by atoms with Crippen molar-refractivity contribution in [1.29, 1.82) is 0 Å². The van der Waals surface area contributed by atoms with Crippen molar-refractivity contribution in [2.75, 3.05) is 39.9 Å². The average Bonchev–Trinajstić information content (AvgIpc) is 2.95. The summed E-state index contributed by atoms with van der Waals surface area (Å²) in [5.41, 5.74) is 0.149. The lowest BCUT2D eigenvalue weighted by molar-refractivity contribution is 0.0756. The molecule has 0 atom stereocenters. The molecule has 26 heavy (non-hydrogen) atoms. The molecule has 0 bridgehead atoms. The first-order valence-electron chi connectivity index (χ1n) is 8.94. The Bertz CT molecular complexity index is 734. The number of benzene rings is 1. The van der Waals surface area contributed by atoms with Crippen LogP contribution >= 0.6 is 0 Å². The molecule has 6 nitrogen and oxygen atoms in total. The van der Waals surface area contributed by atoms with Crippen molar-refractivity contribution in [1.82, 2.24) is 19.4 Å². The van der Waals surface area contributed by atoms with Crippen LogP contribution in [0.2, 0.25) is 0 Å². The molecule has 1 aromatic carbocycles. The van der Waals surface area contributed by atoms with E-state index in [1.165, 1.54) is 6.07 Å². The number of carbonyl (C=O) groups excluding carboxylic acids is 1. The number of hydrogen-bond acceptors (Lipinski definition) is 4. The second-order valence-electron chi connectivity index (χ2n) is 6.43. The third kappa shape index (κ3) is 4.47. The molecule has 1 saturated heterocycles. The third-order valence-corrected chi connectivity index (χ3v) is 4.68. The molecule has 1 amide bonds. The lowest BCUT2D eigenvalue weighted by Crippen LogP contribution is -2.35. The standard InChI is InChI=1S/C19H25FN4O2/c1-26-14-13-23-10-7-21-18(23)15-22-8-4-9-24(12-11-22)19(25)16-5-2-3-6-17(16)20/h2-3,5-7,10H,4,8-9,11-15H2,1H3. The van der Waals surface area contributed by atoms with Crippen molar-refractivity contribution in [3.8, 4) is 0 Å². The number of ether oxygens (including phenoxy) is 1. The number of hydrogen-bond donors (Lipinski definition) is 0. The molecule has 140 valence electrons. The van der Waals surface area contributed by atoms with Gasteiger partial charge in [0.25, 0.3) is 5.91 Å². The summed E-state index contributed by atoms with van der Waals surface area (Å²) in [6.45, 7) is 5.02. The van der Waals surface area contributed by atoms with Crippen LogP contribution in [0.1, 0.15) is 22.6 Å². The van der Waals surface area contributed by atoms with Crippen molar-refractivity contribution >= 4 is 5.91 Å². The van der Waals surface area contributed by atoms with Gasteiger partial charge < -0.3 is 14.2 Å². The van der Waals surface area contributed by atoms with Crippen LogP contribution in [0.25, 0.3) is 0 Å². The molecule has 7 heteroatoms. The Morgan fingerprint density at radius 2 is 2.08 bits per heavy atom. The quantitative estimate of drug-likeness (QED) is 0.791. The van der Waals surface area contributed by atoms with Crippen molar-refractivity contribution < 1.29 is 13.9 Å². The third-order valence-electron chi connectivity index (χ3n) is 4.68. The van der Waals surface area contributed by atoms with Crippen LogP contribution in [0.5, 0.6) is 0 Å². The second kappa shape index (κ2) is 8.91. The van der Waals surface area contributed by atoms with Gasteiger partial charge in [0.2, 0.25) is 0 Å². The van der Waals surface area contributed by atoms with Gasteiger partial charge in [-0.2, -0.15) is 0 Å². The molecule has 3 rings (SSSR count). The van der Waals surface area contributed by atoms with Crippen LogP contribution in [-0.4, -0.2) is 65.2 Å². The van der Waals surface area contributed by atoms with Crippen LogP contribution in [0.4, 0.5) is 4.39 Å². The maximum absolute atomic E-state index is 13.9. The zero-order chi connectivity index (χ0) is 18.4. The fourth-order valence-corrected chi connectivity index (χ4v) is 3.22. The monoisotopic (exact) mass is 360 g/mol. The zero-order valence-electron chi connectivity index (χ0n) is 15.1. The molecule has 0 radical (unpaired) electrons. The number of halogens is 1. The Hall–Kier alpha value is -2.25. The van der Waals surface area contributed by atoms with E-state index in [1.807, 2.05) is 6.20 Å². The van der Waals surface area contributed by atoms with Gasteiger partial charge >= 0.3 is 0 Å². The topological polar surface area (TPSA) is 50.6 Å². The Balaban J connectivity index is 1.59. The van der Waals surface area contributed by atoms with Gasteiger partial charge in [-0.25, -0.2) is 9.37 Å². The maximum atomic E-state index is 13.9. The van der Waals surface area contributed by atoms with Gasteiger partial charge in [0.15, 0.2) is 0 Å². The first-order chi connectivity index (χ1) is 12.7.